The summed E-state index contributed by atoms with van der Waals surface area (Å²) in [6.07, 6.45) is 0. The number of anilines is 1. The topological polar surface area (TPSA) is 59.3 Å². The molecule has 0 bridgehead atoms. The fourth-order valence-electron chi connectivity index (χ4n) is 2.79. The number of nitrogens with one attached hydrogen (secondary N) is 1. The monoisotopic (exact) mass is 349 g/mol. The van der Waals surface area contributed by atoms with Crippen LogP contribution in [0.25, 0.3) is 21.9 Å². The average molecular weight is 349 g/mol. The summed E-state index contributed by atoms with van der Waals surface area (Å²) >= 11 is 1.38. The van der Waals surface area contributed by atoms with Crippen molar-refractivity contribution in [1.82, 2.24) is 0 Å². The second-order valence-electron chi connectivity index (χ2n) is 6.01. The normalized spacial score (nSPS) is 11.1. The maximum atomic E-state index is 12.7. The summed E-state index contributed by atoms with van der Waals surface area (Å²) in [5.74, 6) is -0.177. The number of carbonyl (C=O) groups excluding carboxylic acids is 1. The Labute approximate surface area is 147 Å². The van der Waals surface area contributed by atoms with E-state index in [0.717, 1.165) is 11.1 Å². The van der Waals surface area contributed by atoms with Crippen LogP contribution in [0.3, 0.4) is 0 Å². The minimum Gasteiger partial charge on any atom is -0.456 e. The SMILES string of the molecule is Cc1cc2oc3cc(NC(=O)c4cccs4)ccc3c(=O)c2cc1C. The number of rotatable bonds is 2. The molecular weight excluding hydrogens is 334 g/mol. The number of amides is 1. The highest BCUT2D eigenvalue weighted by Gasteiger charge is 2.12. The van der Waals surface area contributed by atoms with Gasteiger partial charge in [0.1, 0.15) is 11.2 Å². The maximum Gasteiger partial charge on any atom is 0.265 e. The summed E-state index contributed by atoms with van der Waals surface area (Å²) in [6.45, 7) is 3.96. The van der Waals surface area contributed by atoms with E-state index in [1.165, 1.54) is 11.3 Å². The Balaban J connectivity index is 1.82. The lowest BCUT2D eigenvalue weighted by molar-refractivity contribution is 0.103. The van der Waals surface area contributed by atoms with Gasteiger partial charge < -0.3 is 9.73 Å². The highest BCUT2D eigenvalue weighted by atomic mass is 32.1. The third-order valence-electron chi connectivity index (χ3n) is 4.29. The fourth-order valence-corrected chi connectivity index (χ4v) is 3.41. The number of aryl methyl sites for hydroxylation is 2. The first-order valence-electron chi connectivity index (χ1n) is 7.85. The molecule has 2 heterocycles. The first kappa shape index (κ1) is 15.6. The van der Waals surface area contributed by atoms with Gasteiger partial charge in [-0.25, -0.2) is 0 Å². The molecule has 2 aromatic heterocycles. The number of carbonyl (C=O) groups is 1. The summed E-state index contributed by atoms with van der Waals surface area (Å²) in [5.41, 5.74) is 3.68. The highest BCUT2D eigenvalue weighted by Crippen LogP contribution is 2.24. The zero-order valence-electron chi connectivity index (χ0n) is 13.8. The van der Waals surface area contributed by atoms with Crippen LogP contribution < -0.4 is 10.7 Å². The van der Waals surface area contributed by atoms with Crippen molar-refractivity contribution in [2.45, 2.75) is 13.8 Å². The summed E-state index contributed by atoms with van der Waals surface area (Å²) in [6, 6.07) is 12.4. The molecule has 0 saturated carbocycles. The molecule has 4 rings (SSSR count). The van der Waals surface area contributed by atoms with Crippen LogP contribution >= 0.6 is 11.3 Å². The Morgan fingerprint density at radius 1 is 1.00 bits per heavy atom. The van der Waals surface area contributed by atoms with E-state index in [-0.39, 0.29) is 11.3 Å². The second-order valence-corrected chi connectivity index (χ2v) is 6.95. The Kier molecular flexibility index (Phi) is 3.66. The van der Waals surface area contributed by atoms with Crippen LogP contribution in [0.5, 0.6) is 0 Å². The molecule has 124 valence electrons. The van der Waals surface area contributed by atoms with Crippen molar-refractivity contribution >= 4 is 44.9 Å². The lowest BCUT2D eigenvalue weighted by atomic mass is 10.1. The van der Waals surface area contributed by atoms with Gasteiger partial charge in [-0.1, -0.05) is 6.07 Å². The van der Waals surface area contributed by atoms with Crippen molar-refractivity contribution < 1.29 is 9.21 Å². The smallest absolute Gasteiger partial charge is 0.265 e. The minimum atomic E-state index is -0.177. The molecule has 0 unspecified atom stereocenters. The summed E-state index contributed by atoms with van der Waals surface area (Å²) in [5, 5.41) is 5.77. The van der Waals surface area contributed by atoms with E-state index in [9.17, 15) is 9.59 Å². The zero-order chi connectivity index (χ0) is 17.6. The molecule has 5 heteroatoms. The van der Waals surface area contributed by atoms with Crippen LogP contribution in [0.15, 0.2) is 57.1 Å². The number of thiophene rings is 1. The Morgan fingerprint density at radius 3 is 2.52 bits per heavy atom. The molecule has 0 fully saturated rings. The summed E-state index contributed by atoms with van der Waals surface area (Å²) in [7, 11) is 0. The van der Waals surface area contributed by atoms with Gasteiger partial charge >= 0.3 is 0 Å². The van der Waals surface area contributed by atoms with Crippen LogP contribution in [-0.2, 0) is 0 Å². The van der Waals surface area contributed by atoms with Gasteiger partial charge in [0.25, 0.3) is 5.91 Å². The molecule has 25 heavy (non-hydrogen) atoms. The number of hydrogen-bond acceptors (Lipinski definition) is 4. The van der Waals surface area contributed by atoms with E-state index >= 15 is 0 Å². The molecule has 4 aromatic rings. The fraction of sp³-hybridized carbons (Fsp3) is 0.100. The molecular formula is C20H15NO3S. The predicted molar refractivity (Wildman–Crippen MR) is 102 cm³/mol. The molecule has 0 atom stereocenters. The Morgan fingerprint density at radius 2 is 1.76 bits per heavy atom. The third kappa shape index (κ3) is 2.72. The van der Waals surface area contributed by atoms with E-state index < -0.39 is 0 Å². The molecule has 2 aromatic carbocycles. The van der Waals surface area contributed by atoms with Crippen molar-refractivity contribution in [3.05, 3.63) is 74.1 Å². The van der Waals surface area contributed by atoms with Crippen molar-refractivity contribution in [3.8, 4) is 0 Å². The molecule has 0 saturated heterocycles. The number of benzene rings is 2. The largest absolute Gasteiger partial charge is 0.456 e. The molecule has 4 nitrogen and oxygen atoms in total. The first-order chi connectivity index (χ1) is 12.0. The molecule has 0 radical (unpaired) electrons. The lowest BCUT2D eigenvalue weighted by Gasteiger charge is -2.07. The van der Waals surface area contributed by atoms with Crippen LogP contribution in [0.4, 0.5) is 5.69 Å². The van der Waals surface area contributed by atoms with Crippen molar-refractivity contribution in [2.75, 3.05) is 5.32 Å². The molecule has 1 N–H and O–H groups in total. The minimum absolute atomic E-state index is 0.0597. The van der Waals surface area contributed by atoms with Crippen LogP contribution in [0.1, 0.15) is 20.8 Å². The third-order valence-corrected chi connectivity index (χ3v) is 5.16. The van der Waals surface area contributed by atoms with Gasteiger partial charge in [-0.05, 0) is 60.7 Å². The average Bonchev–Trinajstić information content (AvgIpc) is 3.12. The van der Waals surface area contributed by atoms with Gasteiger partial charge in [0, 0.05) is 11.8 Å². The first-order valence-corrected chi connectivity index (χ1v) is 8.73. The quantitative estimate of drug-likeness (QED) is 0.525. The van der Waals surface area contributed by atoms with Crippen LogP contribution in [0.2, 0.25) is 0 Å². The highest BCUT2D eigenvalue weighted by molar-refractivity contribution is 7.12. The van der Waals surface area contributed by atoms with Crippen molar-refractivity contribution in [1.29, 1.82) is 0 Å². The van der Waals surface area contributed by atoms with Crippen molar-refractivity contribution in [3.63, 3.8) is 0 Å². The van der Waals surface area contributed by atoms with Gasteiger partial charge in [0.15, 0.2) is 0 Å². The van der Waals surface area contributed by atoms with Crippen LogP contribution in [0, 0.1) is 13.8 Å². The standard InChI is InChI=1S/C20H15NO3S/c1-11-8-15-16(9-12(11)2)24-17-10-13(5-6-14(17)19(15)22)21-20(23)18-4-3-7-25-18/h3-10H,1-2H3,(H,21,23). The van der Waals surface area contributed by atoms with E-state index in [4.69, 9.17) is 4.42 Å². The number of hydrogen-bond donors (Lipinski definition) is 1. The van der Waals surface area contributed by atoms with Crippen molar-refractivity contribution in [2.24, 2.45) is 0 Å². The predicted octanol–water partition coefficient (Wildman–Crippen LogP) is 4.88. The Bertz CT molecular complexity index is 1170. The van der Waals surface area contributed by atoms with Gasteiger partial charge in [-0.3, -0.25) is 9.59 Å². The second kappa shape index (κ2) is 5.86. The lowest BCUT2D eigenvalue weighted by Crippen LogP contribution is -2.10. The van der Waals surface area contributed by atoms with Gasteiger partial charge in [-0.2, -0.15) is 0 Å². The molecule has 0 aliphatic rings. The van der Waals surface area contributed by atoms with Crippen LogP contribution in [-0.4, -0.2) is 5.91 Å². The van der Waals surface area contributed by atoms with E-state index in [1.54, 1.807) is 24.3 Å². The molecule has 0 aliphatic carbocycles. The van der Waals surface area contributed by atoms with E-state index in [1.807, 2.05) is 37.4 Å². The van der Waals surface area contributed by atoms with Gasteiger partial charge in [0.05, 0.1) is 15.6 Å². The summed E-state index contributed by atoms with van der Waals surface area (Å²) < 4.78 is 5.93. The van der Waals surface area contributed by atoms with Gasteiger partial charge in [0.2, 0.25) is 5.43 Å². The molecule has 0 spiro atoms. The van der Waals surface area contributed by atoms with E-state index in [2.05, 4.69) is 5.32 Å². The molecule has 1 amide bonds. The number of fused-ring (bicyclic) bond motifs is 2. The summed E-state index contributed by atoms with van der Waals surface area (Å²) in [4.78, 5) is 25.5. The Hall–Kier alpha value is -2.92. The maximum absolute atomic E-state index is 12.7. The van der Waals surface area contributed by atoms with E-state index in [0.29, 0.717) is 32.5 Å². The van der Waals surface area contributed by atoms with Gasteiger partial charge in [-0.15, -0.1) is 11.3 Å². The molecule has 0 aliphatic heterocycles. The zero-order valence-corrected chi connectivity index (χ0v) is 14.6.